The molecule has 9 heteroatoms. The van der Waals surface area contributed by atoms with Crippen LogP contribution in [-0.2, 0) is 18.4 Å². The Hall–Kier alpha value is -1.54. The van der Waals surface area contributed by atoms with E-state index >= 15 is 0 Å². The van der Waals surface area contributed by atoms with E-state index in [1.165, 1.54) is 231 Å². The highest BCUT2D eigenvalue weighted by Gasteiger charge is 2.23. The van der Waals surface area contributed by atoms with Crippen molar-refractivity contribution in [1.82, 2.24) is 5.32 Å². The smallest absolute Gasteiger partial charge is 0.268 e. The lowest BCUT2D eigenvalue weighted by atomic mass is 10.0. The number of hydrogen-bond donors (Lipinski definition) is 2. The second-order valence-corrected chi connectivity index (χ2v) is 24.2. The van der Waals surface area contributed by atoms with Gasteiger partial charge in [-0.05, 0) is 57.8 Å². The minimum Gasteiger partial charge on any atom is -0.756 e. The van der Waals surface area contributed by atoms with Gasteiger partial charge in [0.2, 0.25) is 5.91 Å². The first-order valence-corrected chi connectivity index (χ1v) is 33.0. The van der Waals surface area contributed by atoms with Crippen LogP contribution in [-0.4, -0.2) is 68.5 Å². The molecule has 3 atom stereocenters. The summed E-state index contributed by atoms with van der Waals surface area (Å²) in [6, 6.07) is -0.888. The fourth-order valence-electron chi connectivity index (χ4n) is 9.34. The van der Waals surface area contributed by atoms with Crippen molar-refractivity contribution in [3.05, 3.63) is 48.6 Å². The van der Waals surface area contributed by atoms with E-state index in [2.05, 4.69) is 55.6 Å². The number of nitrogens with one attached hydrogen (secondary N) is 1. The normalized spacial score (nSPS) is 14.1. The summed E-state index contributed by atoms with van der Waals surface area (Å²) < 4.78 is 23.4. The van der Waals surface area contributed by atoms with Crippen molar-refractivity contribution in [2.75, 3.05) is 40.9 Å². The van der Waals surface area contributed by atoms with Gasteiger partial charge in [0.25, 0.3) is 7.82 Å². The molecule has 0 aliphatic heterocycles. The Kier molecular flexibility index (Phi) is 54.1. The van der Waals surface area contributed by atoms with Gasteiger partial charge in [-0.15, -0.1) is 0 Å². The first kappa shape index (κ1) is 71.5. The van der Waals surface area contributed by atoms with Crippen LogP contribution in [0.25, 0.3) is 0 Å². The molecule has 0 aliphatic carbocycles. The zero-order valence-corrected chi connectivity index (χ0v) is 50.0. The number of amides is 1. The van der Waals surface area contributed by atoms with Crippen LogP contribution in [0.2, 0.25) is 0 Å². The van der Waals surface area contributed by atoms with E-state index in [1.807, 2.05) is 27.2 Å². The van der Waals surface area contributed by atoms with Gasteiger partial charge in [-0.1, -0.05) is 287 Å². The summed E-state index contributed by atoms with van der Waals surface area (Å²) in [4.78, 5) is 25.6. The third kappa shape index (κ3) is 58.0. The molecule has 0 spiro atoms. The number of rotatable bonds is 58. The van der Waals surface area contributed by atoms with Crippen LogP contribution in [0, 0.1) is 0 Å². The highest BCUT2D eigenvalue weighted by Crippen LogP contribution is 2.38. The molecular formula is C64H123N2O6P. The summed E-state index contributed by atoms with van der Waals surface area (Å²) in [5.41, 5.74) is 0. The minimum absolute atomic E-state index is 0.000899. The average molecular weight is 1050 g/mol. The Morgan fingerprint density at radius 2 is 0.795 bits per heavy atom. The molecular weight excluding hydrogens is 924 g/mol. The van der Waals surface area contributed by atoms with Crippen LogP contribution < -0.4 is 10.2 Å². The molecule has 0 saturated carbocycles. The highest BCUT2D eigenvalue weighted by atomic mass is 31.2. The molecule has 3 unspecified atom stereocenters. The van der Waals surface area contributed by atoms with Gasteiger partial charge in [-0.2, -0.15) is 0 Å². The zero-order chi connectivity index (χ0) is 53.5. The fraction of sp³-hybridized carbons (Fsp3) is 0.859. The Balaban J connectivity index is 4.14. The zero-order valence-electron chi connectivity index (χ0n) is 49.1. The van der Waals surface area contributed by atoms with Crippen LogP contribution in [0.3, 0.4) is 0 Å². The number of aliphatic hydroxyl groups excluding tert-OH is 1. The number of hydrogen-bond acceptors (Lipinski definition) is 6. The van der Waals surface area contributed by atoms with Gasteiger partial charge in [0, 0.05) is 6.42 Å². The summed E-state index contributed by atoms with van der Waals surface area (Å²) >= 11 is 0. The van der Waals surface area contributed by atoms with E-state index in [1.54, 1.807) is 6.08 Å². The van der Waals surface area contributed by atoms with Gasteiger partial charge in [0.1, 0.15) is 13.2 Å². The molecule has 73 heavy (non-hydrogen) atoms. The molecule has 0 heterocycles. The Morgan fingerprint density at radius 1 is 0.479 bits per heavy atom. The maximum atomic E-state index is 13.0. The van der Waals surface area contributed by atoms with E-state index in [9.17, 15) is 19.4 Å². The van der Waals surface area contributed by atoms with Crippen molar-refractivity contribution in [2.45, 2.75) is 315 Å². The number of unbranched alkanes of at least 4 members (excludes halogenated alkanes) is 39. The van der Waals surface area contributed by atoms with Crippen molar-refractivity contribution in [3.63, 3.8) is 0 Å². The number of quaternary nitrogens is 1. The van der Waals surface area contributed by atoms with Crippen LogP contribution in [0.15, 0.2) is 48.6 Å². The van der Waals surface area contributed by atoms with Crippen LogP contribution in [0.5, 0.6) is 0 Å². The van der Waals surface area contributed by atoms with Crippen LogP contribution in [0.4, 0.5) is 0 Å². The lowest BCUT2D eigenvalue weighted by molar-refractivity contribution is -0.870. The molecule has 0 aromatic heterocycles. The van der Waals surface area contributed by atoms with E-state index in [0.717, 1.165) is 51.4 Å². The van der Waals surface area contributed by atoms with E-state index in [0.29, 0.717) is 17.4 Å². The molecule has 1 amide bonds. The van der Waals surface area contributed by atoms with E-state index < -0.39 is 20.0 Å². The van der Waals surface area contributed by atoms with Gasteiger partial charge in [0.05, 0.1) is 39.9 Å². The van der Waals surface area contributed by atoms with Gasteiger partial charge in [-0.25, -0.2) is 0 Å². The number of carbonyl (C=O) groups excluding carboxylic acids is 1. The van der Waals surface area contributed by atoms with E-state index in [-0.39, 0.29) is 19.1 Å². The number of phosphoric acid groups is 1. The molecule has 0 aliphatic rings. The number of likely N-dealkylation sites (N-methyl/N-ethyl adjacent to an activating group) is 1. The van der Waals surface area contributed by atoms with Gasteiger partial charge < -0.3 is 28.8 Å². The molecule has 430 valence electrons. The first-order chi connectivity index (χ1) is 35.5. The molecule has 0 aromatic carbocycles. The first-order valence-electron chi connectivity index (χ1n) is 31.5. The van der Waals surface area contributed by atoms with Gasteiger partial charge >= 0.3 is 0 Å². The largest absolute Gasteiger partial charge is 0.756 e. The predicted molar refractivity (Wildman–Crippen MR) is 316 cm³/mol. The van der Waals surface area contributed by atoms with Crippen LogP contribution in [0.1, 0.15) is 303 Å². The number of phosphoric ester groups is 1. The summed E-state index contributed by atoms with van der Waals surface area (Å²) in [7, 11) is 1.27. The Labute approximate surface area is 454 Å². The molecule has 0 bridgehead atoms. The molecule has 8 nitrogen and oxygen atoms in total. The number of aliphatic hydroxyl groups is 1. The van der Waals surface area contributed by atoms with Crippen LogP contribution >= 0.6 is 7.82 Å². The quantitative estimate of drug-likeness (QED) is 0.0272. The average Bonchev–Trinajstić information content (AvgIpc) is 3.35. The monoisotopic (exact) mass is 1050 g/mol. The summed E-state index contributed by atoms with van der Waals surface area (Å²) in [6.07, 6.45) is 73.4. The molecule has 0 rings (SSSR count). The van der Waals surface area contributed by atoms with Crippen molar-refractivity contribution in [1.29, 1.82) is 0 Å². The molecule has 2 N–H and O–H groups in total. The predicted octanol–water partition coefficient (Wildman–Crippen LogP) is 18.9. The van der Waals surface area contributed by atoms with Crippen molar-refractivity contribution < 1.29 is 32.9 Å². The molecule has 0 aromatic rings. The number of carbonyl (C=O) groups is 1. The lowest BCUT2D eigenvalue weighted by Gasteiger charge is -2.29. The molecule has 0 radical (unpaired) electrons. The highest BCUT2D eigenvalue weighted by molar-refractivity contribution is 7.45. The van der Waals surface area contributed by atoms with E-state index in [4.69, 9.17) is 9.05 Å². The molecule has 0 saturated heterocycles. The standard InChI is InChI=1S/C64H123N2O6P/c1-6-8-10-12-14-16-18-20-22-24-26-28-30-31-32-33-34-35-36-38-40-42-44-46-48-50-52-54-56-58-64(68)65-62(61-72-73(69,70)71-60-59-66(3,4)5)63(67)57-55-53-51-49-47-45-43-41-39-37-29-27-25-23-21-19-17-15-13-11-9-7-2/h18,20,24,26,30-31,55,57,62-63,67H,6-17,19,21-23,25,27-29,32-54,56,58-61H2,1-5H3,(H-,65,68,69,70)/b20-18-,26-24-,31-30-,57-55+. The topological polar surface area (TPSA) is 108 Å². The Bertz CT molecular complexity index is 1330. The number of nitrogens with zero attached hydrogens (tertiary/aromatic N) is 1. The maximum Gasteiger partial charge on any atom is 0.268 e. The summed E-state index contributed by atoms with van der Waals surface area (Å²) in [5.74, 6) is -0.195. The molecule has 0 fully saturated rings. The van der Waals surface area contributed by atoms with Crippen molar-refractivity contribution in [2.24, 2.45) is 0 Å². The third-order valence-electron chi connectivity index (χ3n) is 14.3. The lowest BCUT2D eigenvalue weighted by Crippen LogP contribution is -2.45. The summed E-state index contributed by atoms with van der Waals surface area (Å²) in [5, 5.41) is 13.9. The minimum atomic E-state index is -4.60. The second-order valence-electron chi connectivity index (χ2n) is 22.8. The summed E-state index contributed by atoms with van der Waals surface area (Å²) in [6.45, 7) is 4.68. The van der Waals surface area contributed by atoms with Gasteiger partial charge in [0.15, 0.2) is 0 Å². The van der Waals surface area contributed by atoms with Crippen molar-refractivity contribution >= 4 is 13.7 Å². The maximum absolute atomic E-state index is 13.0. The third-order valence-corrected chi connectivity index (χ3v) is 15.2. The fourth-order valence-corrected chi connectivity index (χ4v) is 10.1. The van der Waals surface area contributed by atoms with Crippen molar-refractivity contribution in [3.8, 4) is 0 Å². The Morgan fingerprint density at radius 3 is 1.15 bits per heavy atom. The van der Waals surface area contributed by atoms with Gasteiger partial charge in [-0.3, -0.25) is 9.36 Å². The SMILES string of the molecule is CCCCCCC/C=C\C/C=C\C/C=C\CCCCCCCCCCCCCCCCC(=O)NC(COP(=O)([O-])OCC[N+](C)(C)C)C(O)/C=C/CCCCCCCCCCCCCCCCCCCCCC. The second kappa shape index (κ2) is 55.2. The number of allylic oxidation sites excluding steroid dienone is 7.